The third kappa shape index (κ3) is 3.16. The van der Waals surface area contributed by atoms with Crippen LogP contribution in [0.25, 0.3) is 0 Å². The van der Waals surface area contributed by atoms with E-state index in [1.807, 2.05) is 6.92 Å². The molecular formula is C11H16N2O2. The van der Waals surface area contributed by atoms with Gasteiger partial charge in [-0.25, -0.2) is 0 Å². The predicted octanol–water partition coefficient (Wildman–Crippen LogP) is 2.02. The van der Waals surface area contributed by atoms with Crippen molar-refractivity contribution in [1.82, 2.24) is 0 Å². The van der Waals surface area contributed by atoms with Crippen molar-refractivity contribution < 1.29 is 9.53 Å². The number of hydrogen-bond acceptors (Lipinski definition) is 3. The fraction of sp³-hybridized carbons (Fsp3) is 0.364. The lowest BCUT2D eigenvalue weighted by molar-refractivity contribution is -0.116. The first kappa shape index (κ1) is 11.4. The number of hydrogen-bond donors (Lipinski definition) is 2. The average Bonchev–Trinajstić information content (AvgIpc) is 2.21. The van der Waals surface area contributed by atoms with E-state index >= 15 is 0 Å². The molecule has 1 amide bonds. The van der Waals surface area contributed by atoms with Gasteiger partial charge in [-0.2, -0.15) is 0 Å². The van der Waals surface area contributed by atoms with Gasteiger partial charge in [-0.05, 0) is 18.6 Å². The van der Waals surface area contributed by atoms with Gasteiger partial charge in [0.2, 0.25) is 5.91 Å². The number of anilines is 2. The van der Waals surface area contributed by atoms with Crippen molar-refractivity contribution in [1.29, 1.82) is 0 Å². The van der Waals surface area contributed by atoms with E-state index in [2.05, 4.69) is 5.32 Å². The van der Waals surface area contributed by atoms with Gasteiger partial charge in [0.25, 0.3) is 0 Å². The quantitative estimate of drug-likeness (QED) is 0.744. The highest BCUT2D eigenvalue weighted by molar-refractivity contribution is 5.91. The third-order valence-corrected chi connectivity index (χ3v) is 1.99. The summed E-state index contributed by atoms with van der Waals surface area (Å²) >= 11 is 0. The molecule has 0 spiro atoms. The first-order valence-corrected chi connectivity index (χ1v) is 4.90. The minimum atomic E-state index is 0.00400. The molecule has 0 atom stereocenters. The van der Waals surface area contributed by atoms with Gasteiger partial charge in [-0.15, -0.1) is 0 Å². The van der Waals surface area contributed by atoms with Crippen LogP contribution in [0.1, 0.15) is 19.8 Å². The van der Waals surface area contributed by atoms with Crippen molar-refractivity contribution in [2.24, 2.45) is 0 Å². The van der Waals surface area contributed by atoms with Crippen LogP contribution < -0.4 is 15.8 Å². The van der Waals surface area contributed by atoms with Crippen LogP contribution in [0.4, 0.5) is 11.4 Å². The number of benzene rings is 1. The van der Waals surface area contributed by atoms with Crippen LogP contribution >= 0.6 is 0 Å². The van der Waals surface area contributed by atoms with E-state index in [1.54, 1.807) is 25.3 Å². The minimum Gasteiger partial charge on any atom is -0.495 e. The number of methoxy groups -OCH3 is 1. The van der Waals surface area contributed by atoms with Crippen LogP contribution in [0.3, 0.4) is 0 Å². The highest BCUT2D eigenvalue weighted by atomic mass is 16.5. The fourth-order valence-corrected chi connectivity index (χ4v) is 1.24. The van der Waals surface area contributed by atoms with Gasteiger partial charge in [0.15, 0.2) is 0 Å². The van der Waals surface area contributed by atoms with Gasteiger partial charge >= 0.3 is 0 Å². The Morgan fingerprint density at radius 3 is 2.87 bits per heavy atom. The molecule has 0 fully saturated rings. The zero-order chi connectivity index (χ0) is 11.3. The maximum absolute atomic E-state index is 11.3. The molecule has 1 aromatic rings. The van der Waals surface area contributed by atoms with E-state index in [9.17, 15) is 4.79 Å². The molecule has 0 aliphatic heterocycles. The lowest BCUT2D eigenvalue weighted by atomic mass is 10.2. The van der Waals surface area contributed by atoms with Gasteiger partial charge in [-0.3, -0.25) is 4.79 Å². The molecule has 0 heterocycles. The zero-order valence-electron chi connectivity index (χ0n) is 9.04. The topological polar surface area (TPSA) is 64.4 Å². The fourth-order valence-electron chi connectivity index (χ4n) is 1.24. The number of rotatable bonds is 4. The van der Waals surface area contributed by atoms with Gasteiger partial charge < -0.3 is 15.8 Å². The van der Waals surface area contributed by atoms with Crippen LogP contribution in [-0.4, -0.2) is 13.0 Å². The maximum atomic E-state index is 11.3. The Hall–Kier alpha value is -1.71. The van der Waals surface area contributed by atoms with Gasteiger partial charge in [0.05, 0.1) is 12.8 Å². The summed E-state index contributed by atoms with van der Waals surface area (Å²) in [6.07, 6.45) is 1.35. The molecule has 82 valence electrons. The molecule has 1 rings (SSSR count). The number of nitrogens with one attached hydrogen (secondary N) is 1. The van der Waals surface area contributed by atoms with Crippen molar-refractivity contribution in [2.45, 2.75) is 19.8 Å². The molecule has 0 aliphatic rings. The summed E-state index contributed by atoms with van der Waals surface area (Å²) in [6, 6.07) is 5.18. The Labute approximate surface area is 89.4 Å². The summed E-state index contributed by atoms with van der Waals surface area (Å²) < 4.78 is 5.05. The first-order valence-electron chi connectivity index (χ1n) is 4.90. The predicted molar refractivity (Wildman–Crippen MR) is 60.9 cm³/mol. The minimum absolute atomic E-state index is 0.00400. The number of amides is 1. The SMILES string of the molecule is CCCC(=O)Nc1ccc(N)c(OC)c1. The Kier molecular flexibility index (Phi) is 3.97. The van der Waals surface area contributed by atoms with Crippen LogP contribution in [-0.2, 0) is 4.79 Å². The summed E-state index contributed by atoms with van der Waals surface area (Å²) in [7, 11) is 1.54. The largest absolute Gasteiger partial charge is 0.495 e. The molecule has 3 N–H and O–H groups in total. The summed E-state index contributed by atoms with van der Waals surface area (Å²) in [5.74, 6) is 0.577. The van der Waals surface area contributed by atoms with Gasteiger partial charge in [-0.1, -0.05) is 6.92 Å². The van der Waals surface area contributed by atoms with Crippen molar-refractivity contribution in [3.8, 4) is 5.75 Å². The van der Waals surface area contributed by atoms with Gasteiger partial charge in [0, 0.05) is 18.2 Å². The third-order valence-electron chi connectivity index (χ3n) is 1.99. The number of nitrogens with two attached hydrogens (primary N) is 1. The molecule has 1 aromatic carbocycles. The van der Waals surface area contributed by atoms with Gasteiger partial charge in [0.1, 0.15) is 5.75 Å². The lowest BCUT2D eigenvalue weighted by Gasteiger charge is -2.08. The monoisotopic (exact) mass is 208 g/mol. The van der Waals surface area contributed by atoms with Crippen molar-refractivity contribution >= 4 is 17.3 Å². The summed E-state index contributed by atoms with van der Waals surface area (Å²) in [5, 5.41) is 2.77. The Morgan fingerprint density at radius 1 is 1.53 bits per heavy atom. The highest BCUT2D eigenvalue weighted by Gasteiger charge is 2.04. The molecule has 4 heteroatoms. The van der Waals surface area contributed by atoms with E-state index in [-0.39, 0.29) is 5.91 Å². The molecule has 0 radical (unpaired) electrons. The second-order valence-electron chi connectivity index (χ2n) is 3.25. The standard InChI is InChI=1S/C11H16N2O2/c1-3-4-11(14)13-8-5-6-9(12)10(7-8)15-2/h5-7H,3-4,12H2,1-2H3,(H,13,14). The van der Waals surface area contributed by atoms with Crippen molar-refractivity contribution in [3.05, 3.63) is 18.2 Å². The summed E-state index contributed by atoms with van der Waals surface area (Å²) in [5.41, 5.74) is 6.92. The Bertz CT molecular complexity index is 350. The van der Waals surface area contributed by atoms with Crippen molar-refractivity contribution in [3.63, 3.8) is 0 Å². The summed E-state index contributed by atoms with van der Waals surface area (Å²) in [6.45, 7) is 1.96. The Morgan fingerprint density at radius 2 is 2.27 bits per heavy atom. The van der Waals surface area contributed by atoms with Crippen LogP contribution in [0, 0.1) is 0 Å². The number of carbonyl (C=O) groups is 1. The molecule has 0 saturated carbocycles. The van der Waals surface area contributed by atoms with E-state index in [1.165, 1.54) is 0 Å². The molecule has 0 aromatic heterocycles. The van der Waals surface area contributed by atoms with Crippen LogP contribution in [0.2, 0.25) is 0 Å². The zero-order valence-corrected chi connectivity index (χ0v) is 9.04. The van der Waals surface area contributed by atoms with E-state index in [0.717, 1.165) is 6.42 Å². The Balaban J connectivity index is 2.74. The molecule has 0 aliphatic carbocycles. The maximum Gasteiger partial charge on any atom is 0.224 e. The average molecular weight is 208 g/mol. The van der Waals surface area contributed by atoms with E-state index in [0.29, 0.717) is 23.5 Å². The molecule has 15 heavy (non-hydrogen) atoms. The van der Waals surface area contributed by atoms with Crippen molar-refractivity contribution in [2.75, 3.05) is 18.2 Å². The van der Waals surface area contributed by atoms with E-state index < -0.39 is 0 Å². The van der Waals surface area contributed by atoms with Crippen LogP contribution in [0.5, 0.6) is 5.75 Å². The first-order chi connectivity index (χ1) is 7.17. The smallest absolute Gasteiger partial charge is 0.224 e. The lowest BCUT2D eigenvalue weighted by Crippen LogP contribution is -2.10. The number of nitrogen functional groups attached to an aromatic ring is 1. The second kappa shape index (κ2) is 5.24. The number of carbonyl (C=O) groups excluding carboxylic acids is 1. The summed E-state index contributed by atoms with van der Waals surface area (Å²) in [4.78, 5) is 11.3. The van der Waals surface area contributed by atoms with E-state index in [4.69, 9.17) is 10.5 Å². The van der Waals surface area contributed by atoms with Crippen LogP contribution in [0.15, 0.2) is 18.2 Å². The molecule has 0 saturated heterocycles. The molecule has 0 bridgehead atoms. The molecular weight excluding hydrogens is 192 g/mol. The highest BCUT2D eigenvalue weighted by Crippen LogP contribution is 2.24. The number of ether oxygens (including phenoxy) is 1. The molecule has 4 nitrogen and oxygen atoms in total. The second-order valence-corrected chi connectivity index (χ2v) is 3.25. The normalized spacial score (nSPS) is 9.73. The molecule has 0 unspecified atom stereocenters.